The quantitative estimate of drug-likeness (QED) is 0.671. The lowest BCUT2D eigenvalue weighted by Gasteiger charge is -2.01. The summed E-state index contributed by atoms with van der Waals surface area (Å²) in [7, 11) is 0. The van der Waals surface area contributed by atoms with Crippen molar-refractivity contribution < 1.29 is 9.21 Å². The van der Waals surface area contributed by atoms with Crippen LogP contribution >= 0.6 is 0 Å². The summed E-state index contributed by atoms with van der Waals surface area (Å²) in [5.74, 6) is 0.230. The second-order valence-electron chi connectivity index (χ2n) is 3.84. The Morgan fingerprint density at radius 1 is 1.26 bits per heavy atom. The first kappa shape index (κ1) is 12.7. The highest BCUT2D eigenvalue weighted by atomic mass is 16.3. The highest BCUT2D eigenvalue weighted by Crippen LogP contribution is 2.06. The minimum Gasteiger partial charge on any atom is -0.467 e. The van der Waals surface area contributed by atoms with Gasteiger partial charge in [-0.1, -0.05) is 30.3 Å². The highest BCUT2D eigenvalue weighted by molar-refractivity contribution is 6.01. The molecule has 0 radical (unpaired) electrons. The Hall–Kier alpha value is -2.80. The SMILES string of the molecule is N#C/C(=C/c1ccccc1)C(=O)NCc1ccco1. The number of nitrogens with zero attached hydrogens (tertiary/aromatic N) is 1. The van der Waals surface area contributed by atoms with Gasteiger partial charge in [0.2, 0.25) is 0 Å². The van der Waals surface area contributed by atoms with Crippen molar-refractivity contribution in [1.29, 1.82) is 5.26 Å². The third-order valence-corrected chi connectivity index (χ3v) is 2.48. The van der Waals surface area contributed by atoms with E-state index in [1.807, 2.05) is 36.4 Å². The predicted octanol–water partition coefficient (Wildman–Crippen LogP) is 2.50. The minimum atomic E-state index is -0.414. The molecule has 2 rings (SSSR count). The summed E-state index contributed by atoms with van der Waals surface area (Å²) >= 11 is 0. The van der Waals surface area contributed by atoms with Crippen LogP contribution < -0.4 is 5.32 Å². The van der Waals surface area contributed by atoms with Crippen molar-refractivity contribution in [2.24, 2.45) is 0 Å². The second kappa shape index (κ2) is 6.22. The van der Waals surface area contributed by atoms with Crippen molar-refractivity contribution in [1.82, 2.24) is 5.32 Å². The zero-order valence-electron chi connectivity index (χ0n) is 10.2. The van der Waals surface area contributed by atoms with E-state index in [9.17, 15) is 4.79 Å². The number of nitrogens with one attached hydrogen (secondary N) is 1. The van der Waals surface area contributed by atoms with Gasteiger partial charge in [-0.15, -0.1) is 0 Å². The van der Waals surface area contributed by atoms with E-state index in [1.165, 1.54) is 6.26 Å². The summed E-state index contributed by atoms with van der Waals surface area (Å²) < 4.78 is 5.10. The van der Waals surface area contributed by atoms with Gasteiger partial charge in [-0.2, -0.15) is 5.26 Å². The molecule has 4 heteroatoms. The number of benzene rings is 1. The Bertz CT molecular complexity index is 607. The van der Waals surface area contributed by atoms with E-state index in [2.05, 4.69) is 5.32 Å². The number of hydrogen-bond acceptors (Lipinski definition) is 3. The van der Waals surface area contributed by atoms with Crippen LogP contribution in [0, 0.1) is 11.3 Å². The van der Waals surface area contributed by atoms with Crippen LogP contribution in [-0.2, 0) is 11.3 Å². The molecule has 19 heavy (non-hydrogen) atoms. The fourth-order valence-electron chi connectivity index (χ4n) is 1.54. The number of furan rings is 1. The Labute approximate surface area is 111 Å². The average molecular weight is 252 g/mol. The Morgan fingerprint density at radius 3 is 2.68 bits per heavy atom. The van der Waals surface area contributed by atoms with E-state index in [1.54, 1.807) is 18.2 Å². The molecule has 2 aromatic rings. The molecule has 0 atom stereocenters. The number of carbonyl (C=O) groups excluding carboxylic acids is 1. The molecule has 0 unspecified atom stereocenters. The number of rotatable bonds is 4. The van der Waals surface area contributed by atoms with Crippen molar-refractivity contribution in [2.45, 2.75) is 6.54 Å². The number of nitriles is 1. The third kappa shape index (κ3) is 3.58. The maximum atomic E-state index is 11.8. The van der Waals surface area contributed by atoms with E-state index in [-0.39, 0.29) is 12.1 Å². The zero-order valence-corrected chi connectivity index (χ0v) is 10.2. The van der Waals surface area contributed by atoms with Gasteiger partial charge in [0.1, 0.15) is 17.4 Å². The molecule has 1 aromatic heterocycles. The van der Waals surface area contributed by atoms with Crippen LogP contribution in [0.2, 0.25) is 0 Å². The smallest absolute Gasteiger partial charge is 0.262 e. The van der Waals surface area contributed by atoms with Gasteiger partial charge in [0.05, 0.1) is 12.8 Å². The summed E-state index contributed by atoms with van der Waals surface area (Å²) in [5, 5.41) is 11.6. The van der Waals surface area contributed by atoms with Crippen LogP contribution in [0.1, 0.15) is 11.3 Å². The maximum absolute atomic E-state index is 11.8. The van der Waals surface area contributed by atoms with Crippen LogP contribution in [0.4, 0.5) is 0 Å². The lowest BCUT2D eigenvalue weighted by Crippen LogP contribution is -2.23. The van der Waals surface area contributed by atoms with Gasteiger partial charge in [0.15, 0.2) is 0 Å². The van der Waals surface area contributed by atoms with Gasteiger partial charge in [-0.05, 0) is 23.8 Å². The van der Waals surface area contributed by atoms with Crippen molar-refractivity contribution in [3.05, 3.63) is 65.6 Å². The monoisotopic (exact) mass is 252 g/mol. The Kier molecular flexibility index (Phi) is 4.14. The van der Waals surface area contributed by atoms with Crippen molar-refractivity contribution >= 4 is 12.0 Å². The van der Waals surface area contributed by atoms with Gasteiger partial charge >= 0.3 is 0 Å². The number of amides is 1. The van der Waals surface area contributed by atoms with E-state index in [4.69, 9.17) is 9.68 Å². The molecule has 0 spiro atoms. The van der Waals surface area contributed by atoms with Crippen molar-refractivity contribution in [2.75, 3.05) is 0 Å². The predicted molar refractivity (Wildman–Crippen MR) is 70.6 cm³/mol. The molecule has 0 saturated heterocycles. The van der Waals surface area contributed by atoms with Crippen LogP contribution in [0.15, 0.2) is 58.7 Å². The van der Waals surface area contributed by atoms with Gasteiger partial charge in [-0.25, -0.2) is 0 Å². The molecule has 1 aromatic carbocycles. The molecule has 1 heterocycles. The standard InChI is InChI=1S/C15H12N2O2/c16-10-13(9-12-5-2-1-3-6-12)15(18)17-11-14-7-4-8-19-14/h1-9H,11H2,(H,17,18)/b13-9-. The van der Waals surface area contributed by atoms with E-state index >= 15 is 0 Å². The second-order valence-corrected chi connectivity index (χ2v) is 3.84. The largest absolute Gasteiger partial charge is 0.467 e. The van der Waals surface area contributed by atoms with Crippen molar-refractivity contribution in [3.63, 3.8) is 0 Å². The Morgan fingerprint density at radius 2 is 2.05 bits per heavy atom. The number of carbonyl (C=O) groups is 1. The van der Waals surface area contributed by atoms with E-state index in [0.29, 0.717) is 5.76 Å². The molecule has 0 aliphatic carbocycles. The molecule has 0 aliphatic heterocycles. The number of hydrogen-bond donors (Lipinski definition) is 1. The van der Waals surface area contributed by atoms with Crippen LogP contribution in [0.3, 0.4) is 0 Å². The van der Waals surface area contributed by atoms with Crippen molar-refractivity contribution in [3.8, 4) is 6.07 Å². The summed E-state index contributed by atoms with van der Waals surface area (Å²) in [6.07, 6.45) is 3.09. The van der Waals surface area contributed by atoms with Crippen LogP contribution in [-0.4, -0.2) is 5.91 Å². The molecule has 0 bridgehead atoms. The molecule has 0 saturated carbocycles. The minimum absolute atomic E-state index is 0.0674. The average Bonchev–Trinajstić information content (AvgIpc) is 2.96. The van der Waals surface area contributed by atoms with E-state index < -0.39 is 5.91 Å². The van der Waals surface area contributed by atoms with Gasteiger partial charge in [-0.3, -0.25) is 4.79 Å². The molecule has 94 valence electrons. The van der Waals surface area contributed by atoms with Crippen LogP contribution in [0.25, 0.3) is 6.08 Å². The molecule has 1 amide bonds. The highest BCUT2D eigenvalue weighted by Gasteiger charge is 2.09. The topological polar surface area (TPSA) is 66.0 Å². The third-order valence-electron chi connectivity index (χ3n) is 2.48. The molecule has 0 fully saturated rings. The maximum Gasteiger partial charge on any atom is 0.262 e. The van der Waals surface area contributed by atoms with Gasteiger partial charge in [0.25, 0.3) is 5.91 Å². The lowest BCUT2D eigenvalue weighted by atomic mass is 10.1. The van der Waals surface area contributed by atoms with Gasteiger partial charge in [0, 0.05) is 0 Å². The van der Waals surface area contributed by atoms with E-state index in [0.717, 1.165) is 5.56 Å². The molecular formula is C15H12N2O2. The zero-order chi connectivity index (χ0) is 13.5. The van der Waals surface area contributed by atoms with Gasteiger partial charge < -0.3 is 9.73 Å². The lowest BCUT2D eigenvalue weighted by molar-refractivity contribution is -0.117. The first-order valence-electron chi connectivity index (χ1n) is 5.77. The Balaban J connectivity index is 2.04. The molecule has 0 aliphatic rings. The first-order valence-corrected chi connectivity index (χ1v) is 5.77. The molecule has 1 N–H and O–H groups in total. The summed E-state index contributed by atoms with van der Waals surface area (Å²) in [4.78, 5) is 11.8. The molecular weight excluding hydrogens is 240 g/mol. The fourth-order valence-corrected chi connectivity index (χ4v) is 1.54. The summed E-state index contributed by atoms with van der Waals surface area (Å²) in [6, 6.07) is 14.6. The van der Waals surface area contributed by atoms with Crippen LogP contribution in [0.5, 0.6) is 0 Å². The molecule has 4 nitrogen and oxygen atoms in total. The summed E-state index contributed by atoms with van der Waals surface area (Å²) in [5.41, 5.74) is 0.880. The normalized spacial score (nSPS) is 10.8. The summed E-state index contributed by atoms with van der Waals surface area (Å²) in [6.45, 7) is 0.264. The first-order chi connectivity index (χ1) is 9.29. The fraction of sp³-hybridized carbons (Fsp3) is 0.0667.